The highest BCUT2D eigenvalue weighted by Gasteiger charge is 2.27. The maximum absolute atomic E-state index is 12.5. The molecule has 0 radical (unpaired) electrons. The van der Waals surface area contributed by atoms with Gasteiger partial charge in [-0.1, -0.05) is 45.2 Å². The minimum absolute atomic E-state index is 0.0515. The summed E-state index contributed by atoms with van der Waals surface area (Å²) in [7, 11) is 0. The summed E-state index contributed by atoms with van der Waals surface area (Å²) < 4.78 is 0. The summed E-state index contributed by atoms with van der Waals surface area (Å²) >= 11 is 0. The molecule has 1 aliphatic heterocycles. The van der Waals surface area contributed by atoms with Gasteiger partial charge in [-0.05, 0) is 49.3 Å². The largest absolute Gasteiger partial charge is 0.353 e. The molecule has 2 aliphatic rings. The average Bonchev–Trinajstić information content (AvgIpc) is 2.69. The number of likely N-dealkylation sites (tertiary alicyclic amines) is 1. The van der Waals surface area contributed by atoms with E-state index in [9.17, 15) is 9.59 Å². The number of piperidine rings is 1. The van der Waals surface area contributed by atoms with E-state index >= 15 is 0 Å². The van der Waals surface area contributed by atoms with Crippen LogP contribution in [-0.4, -0.2) is 36.0 Å². The Bertz CT molecular complexity index is 627. The fourth-order valence-corrected chi connectivity index (χ4v) is 4.06. The van der Waals surface area contributed by atoms with Gasteiger partial charge in [-0.15, -0.1) is 0 Å². The first kappa shape index (κ1) is 19.7. The smallest absolute Gasteiger partial charge is 0.321 e. The predicted octanol–water partition coefficient (Wildman–Crippen LogP) is 4.50. The van der Waals surface area contributed by atoms with Crippen LogP contribution in [0.15, 0.2) is 24.3 Å². The van der Waals surface area contributed by atoms with Crippen LogP contribution in [0.2, 0.25) is 0 Å². The van der Waals surface area contributed by atoms with Gasteiger partial charge in [0.05, 0.1) is 0 Å². The number of anilines is 1. The van der Waals surface area contributed by atoms with Gasteiger partial charge in [-0.25, -0.2) is 4.79 Å². The molecule has 0 unspecified atom stereocenters. The summed E-state index contributed by atoms with van der Waals surface area (Å²) in [4.78, 5) is 26.7. The standard InChI is InChI=1S/C22H33N3O2/c1-16(2)17-8-10-19(11-9-17)24-22(27)25-14-12-20(13-15-25)23-21(26)18-6-4-3-5-7-18/h8-11,16,18,20H,3-7,12-15H2,1-2H3,(H,23,26)(H,24,27). The molecule has 1 saturated heterocycles. The van der Waals surface area contributed by atoms with Crippen molar-refractivity contribution in [1.82, 2.24) is 10.2 Å². The lowest BCUT2D eigenvalue weighted by Gasteiger charge is -2.33. The average molecular weight is 372 g/mol. The Kier molecular flexibility index (Phi) is 6.75. The third kappa shape index (κ3) is 5.47. The second-order valence-electron chi connectivity index (χ2n) is 8.31. The molecule has 1 aromatic rings. The van der Waals surface area contributed by atoms with E-state index in [1.807, 2.05) is 17.0 Å². The van der Waals surface area contributed by atoms with Gasteiger partial charge in [0.1, 0.15) is 0 Å². The molecule has 148 valence electrons. The molecule has 3 amide bonds. The van der Waals surface area contributed by atoms with Crippen molar-refractivity contribution in [3.8, 4) is 0 Å². The molecule has 3 rings (SSSR count). The lowest BCUT2D eigenvalue weighted by molar-refractivity contribution is -0.126. The summed E-state index contributed by atoms with van der Waals surface area (Å²) in [5.41, 5.74) is 2.10. The van der Waals surface area contributed by atoms with Crippen LogP contribution in [0.5, 0.6) is 0 Å². The number of nitrogens with one attached hydrogen (secondary N) is 2. The second-order valence-corrected chi connectivity index (χ2v) is 8.31. The van der Waals surface area contributed by atoms with Crippen LogP contribution in [0.25, 0.3) is 0 Å². The zero-order valence-corrected chi connectivity index (χ0v) is 16.7. The summed E-state index contributed by atoms with van der Waals surface area (Å²) in [5, 5.41) is 6.20. The van der Waals surface area contributed by atoms with Crippen LogP contribution in [-0.2, 0) is 4.79 Å². The van der Waals surface area contributed by atoms with Crippen LogP contribution >= 0.6 is 0 Å². The van der Waals surface area contributed by atoms with E-state index in [0.29, 0.717) is 19.0 Å². The first-order chi connectivity index (χ1) is 13.0. The van der Waals surface area contributed by atoms with Gasteiger partial charge in [-0.2, -0.15) is 0 Å². The van der Waals surface area contributed by atoms with E-state index in [2.05, 4.69) is 36.6 Å². The van der Waals surface area contributed by atoms with Gasteiger partial charge in [0.25, 0.3) is 0 Å². The van der Waals surface area contributed by atoms with E-state index in [-0.39, 0.29) is 23.9 Å². The molecule has 1 saturated carbocycles. The van der Waals surface area contributed by atoms with Crippen LogP contribution in [0.3, 0.4) is 0 Å². The highest BCUT2D eigenvalue weighted by Crippen LogP contribution is 2.24. The van der Waals surface area contributed by atoms with Crippen LogP contribution in [0, 0.1) is 5.92 Å². The van der Waals surface area contributed by atoms with Gasteiger partial charge >= 0.3 is 6.03 Å². The van der Waals surface area contributed by atoms with Crippen molar-refractivity contribution in [1.29, 1.82) is 0 Å². The highest BCUT2D eigenvalue weighted by molar-refractivity contribution is 5.89. The zero-order chi connectivity index (χ0) is 19.2. The Morgan fingerprint density at radius 1 is 0.963 bits per heavy atom. The molecule has 5 nitrogen and oxygen atoms in total. The first-order valence-corrected chi connectivity index (χ1v) is 10.5. The number of carbonyl (C=O) groups excluding carboxylic acids is 2. The maximum atomic E-state index is 12.5. The lowest BCUT2D eigenvalue weighted by atomic mass is 9.88. The Morgan fingerprint density at radius 3 is 2.19 bits per heavy atom. The SMILES string of the molecule is CC(C)c1ccc(NC(=O)N2CCC(NC(=O)C3CCCCC3)CC2)cc1. The zero-order valence-electron chi connectivity index (χ0n) is 16.7. The molecule has 0 aromatic heterocycles. The van der Waals surface area contributed by atoms with Crippen molar-refractivity contribution in [2.75, 3.05) is 18.4 Å². The molecule has 27 heavy (non-hydrogen) atoms. The van der Waals surface area contributed by atoms with E-state index in [0.717, 1.165) is 31.4 Å². The lowest BCUT2D eigenvalue weighted by Crippen LogP contribution is -2.49. The molecule has 1 heterocycles. The third-order valence-electron chi connectivity index (χ3n) is 5.93. The minimum Gasteiger partial charge on any atom is -0.353 e. The Balaban J connectivity index is 1.42. The highest BCUT2D eigenvalue weighted by atomic mass is 16.2. The normalized spacial score (nSPS) is 19.1. The molecule has 0 spiro atoms. The third-order valence-corrected chi connectivity index (χ3v) is 5.93. The van der Waals surface area contributed by atoms with Crippen molar-refractivity contribution in [3.05, 3.63) is 29.8 Å². The fraction of sp³-hybridized carbons (Fsp3) is 0.636. The molecular weight excluding hydrogens is 338 g/mol. The van der Waals surface area contributed by atoms with Crippen LogP contribution in [0.4, 0.5) is 10.5 Å². The van der Waals surface area contributed by atoms with Gasteiger partial charge < -0.3 is 15.5 Å². The minimum atomic E-state index is -0.0515. The summed E-state index contributed by atoms with van der Waals surface area (Å²) in [6.07, 6.45) is 7.34. The van der Waals surface area contributed by atoms with Gasteiger partial charge in [0, 0.05) is 30.7 Å². The van der Waals surface area contributed by atoms with E-state index in [1.165, 1.54) is 24.8 Å². The molecule has 0 atom stereocenters. The van der Waals surface area contributed by atoms with Crippen LogP contribution < -0.4 is 10.6 Å². The number of urea groups is 1. The summed E-state index contributed by atoms with van der Waals surface area (Å²) in [6.45, 7) is 5.69. The molecule has 1 aromatic carbocycles. The number of amides is 3. The van der Waals surface area contributed by atoms with Crippen LogP contribution in [0.1, 0.15) is 70.3 Å². The van der Waals surface area contributed by atoms with E-state index < -0.39 is 0 Å². The predicted molar refractivity (Wildman–Crippen MR) is 109 cm³/mol. The molecule has 2 N–H and O–H groups in total. The molecule has 2 fully saturated rings. The van der Waals surface area contributed by atoms with Crippen molar-refractivity contribution < 1.29 is 9.59 Å². The number of hydrogen-bond acceptors (Lipinski definition) is 2. The maximum Gasteiger partial charge on any atom is 0.321 e. The summed E-state index contributed by atoms with van der Waals surface area (Å²) in [5.74, 6) is 0.911. The monoisotopic (exact) mass is 371 g/mol. The van der Waals surface area contributed by atoms with Crippen molar-refractivity contribution in [3.63, 3.8) is 0 Å². The Hall–Kier alpha value is -2.04. The fourth-order valence-electron chi connectivity index (χ4n) is 4.06. The number of benzene rings is 1. The van der Waals surface area contributed by atoms with E-state index in [1.54, 1.807) is 0 Å². The van der Waals surface area contributed by atoms with Crippen molar-refractivity contribution in [2.45, 2.75) is 70.8 Å². The van der Waals surface area contributed by atoms with E-state index in [4.69, 9.17) is 0 Å². The topological polar surface area (TPSA) is 61.4 Å². The number of hydrogen-bond donors (Lipinski definition) is 2. The molecule has 0 bridgehead atoms. The van der Waals surface area contributed by atoms with Gasteiger partial charge in [-0.3, -0.25) is 4.79 Å². The summed E-state index contributed by atoms with van der Waals surface area (Å²) in [6, 6.07) is 8.20. The number of carbonyl (C=O) groups is 2. The second kappa shape index (κ2) is 9.25. The number of rotatable bonds is 4. The number of nitrogens with zero attached hydrogens (tertiary/aromatic N) is 1. The molecule has 5 heteroatoms. The van der Waals surface area contributed by atoms with Gasteiger partial charge in [0.15, 0.2) is 0 Å². The first-order valence-electron chi connectivity index (χ1n) is 10.5. The van der Waals surface area contributed by atoms with Crippen molar-refractivity contribution >= 4 is 17.6 Å². The molecule has 1 aliphatic carbocycles. The Morgan fingerprint density at radius 2 is 1.59 bits per heavy atom. The van der Waals surface area contributed by atoms with Crippen molar-refractivity contribution in [2.24, 2.45) is 5.92 Å². The van der Waals surface area contributed by atoms with Gasteiger partial charge in [0.2, 0.25) is 5.91 Å². The molecular formula is C22H33N3O2. The quantitative estimate of drug-likeness (QED) is 0.818. The Labute approximate surface area is 162 Å².